The highest BCUT2D eigenvalue weighted by molar-refractivity contribution is 6.03. The van der Waals surface area contributed by atoms with Crippen LogP contribution in [0.4, 0.5) is 17.1 Å². The molecule has 250 valence electrons. The fraction of sp³-hybridized carbons (Fsp3) is 0.0769. The summed E-state index contributed by atoms with van der Waals surface area (Å²) in [5.41, 5.74) is 21.8. The van der Waals surface area contributed by atoms with Gasteiger partial charge in [0.25, 0.3) is 0 Å². The summed E-state index contributed by atoms with van der Waals surface area (Å²) < 4.78 is 0. The van der Waals surface area contributed by atoms with Crippen molar-refractivity contribution >= 4 is 17.1 Å². The van der Waals surface area contributed by atoms with Crippen molar-refractivity contribution in [3.8, 4) is 44.5 Å². The lowest BCUT2D eigenvalue weighted by atomic mass is 9.70. The van der Waals surface area contributed by atoms with Crippen molar-refractivity contribution in [2.75, 3.05) is 4.90 Å². The molecular weight excluding hydrogens is 639 g/mol. The number of fused-ring (bicyclic) bond motifs is 14. The molecule has 3 aliphatic rings. The molecule has 0 aliphatic heterocycles. The lowest BCUT2D eigenvalue weighted by molar-refractivity contribution is 0.660. The Morgan fingerprint density at radius 3 is 1.43 bits per heavy atom. The van der Waals surface area contributed by atoms with E-state index in [0.29, 0.717) is 0 Å². The Hall–Kier alpha value is -6.44. The van der Waals surface area contributed by atoms with Crippen LogP contribution >= 0.6 is 0 Å². The molecule has 0 amide bonds. The van der Waals surface area contributed by atoms with Crippen LogP contribution in [0.25, 0.3) is 44.5 Å². The summed E-state index contributed by atoms with van der Waals surface area (Å²) in [6.07, 6.45) is 0. The van der Waals surface area contributed by atoms with Gasteiger partial charge in [-0.05, 0) is 114 Å². The van der Waals surface area contributed by atoms with Crippen molar-refractivity contribution in [2.24, 2.45) is 0 Å². The predicted molar refractivity (Wildman–Crippen MR) is 220 cm³/mol. The van der Waals surface area contributed by atoms with Crippen molar-refractivity contribution in [1.29, 1.82) is 0 Å². The van der Waals surface area contributed by atoms with Crippen LogP contribution in [-0.4, -0.2) is 0 Å². The Balaban J connectivity index is 1.12. The third kappa shape index (κ3) is 4.02. The van der Waals surface area contributed by atoms with Gasteiger partial charge in [-0.15, -0.1) is 0 Å². The van der Waals surface area contributed by atoms with Crippen molar-refractivity contribution in [3.63, 3.8) is 0 Å². The Labute approximate surface area is 311 Å². The summed E-state index contributed by atoms with van der Waals surface area (Å²) in [5.74, 6) is 0. The average molecular weight is 676 g/mol. The number of hydrogen-bond donors (Lipinski definition) is 0. The van der Waals surface area contributed by atoms with Crippen molar-refractivity contribution in [1.82, 2.24) is 0 Å². The molecule has 53 heavy (non-hydrogen) atoms. The van der Waals surface area contributed by atoms with Gasteiger partial charge in [-0.25, -0.2) is 0 Å². The molecule has 0 fully saturated rings. The van der Waals surface area contributed by atoms with Crippen molar-refractivity contribution < 1.29 is 0 Å². The van der Waals surface area contributed by atoms with Gasteiger partial charge in [-0.3, -0.25) is 0 Å². The Morgan fingerprint density at radius 1 is 0.321 bits per heavy atom. The molecule has 0 saturated heterocycles. The number of para-hydroxylation sites is 1. The van der Waals surface area contributed by atoms with Gasteiger partial charge in [0.1, 0.15) is 0 Å². The van der Waals surface area contributed by atoms with Crippen molar-refractivity contribution in [3.05, 3.63) is 221 Å². The SMILES string of the molecule is CC1(C)c2cc(N(c3ccccc3)c3ccc(-c4ccccc4)cc3)ccc2-c2c1ccc1c2-c2ccccc2C12c1ccccc1-c1ccccc12. The second-order valence-corrected chi connectivity index (χ2v) is 15.2. The van der Waals surface area contributed by atoms with Crippen LogP contribution in [0.15, 0.2) is 188 Å². The molecule has 0 unspecified atom stereocenters. The molecule has 3 aliphatic carbocycles. The number of hydrogen-bond acceptors (Lipinski definition) is 1. The first-order chi connectivity index (χ1) is 26.1. The lowest BCUT2D eigenvalue weighted by Crippen LogP contribution is -2.26. The summed E-state index contributed by atoms with van der Waals surface area (Å²) in [6.45, 7) is 4.82. The van der Waals surface area contributed by atoms with E-state index >= 15 is 0 Å². The van der Waals surface area contributed by atoms with Gasteiger partial charge >= 0.3 is 0 Å². The van der Waals surface area contributed by atoms with Crippen LogP contribution in [0.3, 0.4) is 0 Å². The number of rotatable bonds is 4. The summed E-state index contributed by atoms with van der Waals surface area (Å²) >= 11 is 0. The predicted octanol–water partition coefficient (Wildman–Crippen LogP) is 13.5. The summed E-state index contributed by atoms with van der Waals surface area (Å²) in [7, 11) is 0. The van der Waals surface area contributed by atoms with E-state index in [1.54, 1.807) is 0 Å². The quantitative estimate of drug-likeness (QED) is 0.179. The fourth-order valence-corrected chi connectivity index (χ4v) is 9.99. The highest BCUT2D eigenvalue weighted by Crippen LogP contribution is 2.66. The molecular formula is C52H37N. The molecule has 11 rings (SSSR count). The Morgan fingerprint density at radius 2 is 0.774 bits per heavy atom. The minimum Gasteiger partial charge on any atom is -0.310 e. The van der Waals surface area contributed by atoms with Crippen LogP contribution in [0.2, 0.25) is 0 Å². The molecule has 0 atom stereocenters. The van der Waals surface area contributed by atoms with E-state index in [4.69, 9.17) is 0 Å². The third-order valence-corrected chi connectivity index (χ3v) is 12.3. The zero-order valence-electron chi connectivity index (χ0n) is 29.8. The monoisotopic (exact) mass is 675 g/mol. The maximum atomic E-state index is 2.46. The Kier molecular flexibility index (Phi) is 6.29. The minimum absolute atomic E-state index is 0.189. The molecule has 0 heterocycles. The second kappa shape index (κ2) is 11.0. The van der Waals surface area contributed by atoms with Crippen LogP contribution in [0, 0.1) is 0 Å². The van der Waals surface area contributed by atoms with Crippen LogP contribution < -0.4 is 4.90 Å². The Bertz CT molecular complexity index is 2690. The summed E-state index contributed by atoms with van der Waals surface area (Å²) in [6, 6.07) is 69.8. The lowest BCUT2D eigenvalue weighted by Gasteiger charge is -2.31. The van der Waals surface area contributed by atoms with Gasteiger partial charge in [0, 0.05) is 22.5 Å². The van der Waals surface area contributed by atoms with E-state index in [-0.39, 0.29) is 10.8 Å². The maximum Gasteiger partial charge on any atom is 0.0725 e. The number of anilines is 3. The van der Waals surface area contributed by atoms with Crippen molar-refractivity contribution in [2.45, 2.75) is 24.7 Å². The van der Waals surface area contributed by atoms with Gasteiger partial charge in [0.2, 0.25) is 0 Å². The molecule has 8 aromatic carbocycles. The first-order valence-electron chi connectivity index (χ1n) is 18.7. The zero-order chi connectivity index (χ0) is 35.3. The number of benzene rings is 8. The van der Waals surface area contributed by atoms with E-state index in [0.717, 1.165) is 17.1 Å². The molecule has 0 saturated carbocycles. The summed E-state index contributed by atoms with van der Waals surface area (Å²) in [5, 5.41) is 0. The van der Waals surface area contributed by atoms with Gasteiger partial charge < -0.3 is 4.90 Å². The molecule has 0 radical (unpaired) electrons. The first-order valence-corrected chi connectivity index (χ1v) is 18.7. The molecule has 1 spiro atoms. The molecule has 0 bridgehead atoms. The normalized spacial score (nSPS) is 14.5. The van der Waals surface area contributed by atoms with Gasteiger partial charge in [-0.2, -0.15) is 0 Å². The maximum absolute atomic E-state index is 2.46. The smallest absolute Gasteiger partial charge is 0.0725 e. The van der Waals surface area contributed by atoms with E-state index in [9.17, 15) is 0 Å². The van der Waals surface area contributed by atoms with Gasteiger partial charge in [-0.1, -0.05) is 166 Å². The van der Waals surface area contributed by atoms with Gasteiger partial charge in [0.15, 0.2) is 0 Å². The standard InChI is InChI=1S/C52H37N/c1-51(2)46-31-32-47-50(41-21-11-14-24-45(41)52(47)43-22-12-9-19-39(43)40-20-10-13-23-44(40)52)49(46)42-30-29-38(33-48(42)51)53(36-17-7-4-8-18-36)37-27-25-35(26-28-37)34-15-5-3-6-16-34/h3-33H,1-2H3. The van der Waals surface area contributed by atoms with Crippen LogP contribution in [0.5, 0.6) is 0 Å². The fourth-order valence-electron chi connectivity index (χ4n) is 9.99. The highest BCUT2D eigenvalue weighted by atomic mass is 15.1. The second-order valence-electron chi connectivity index (χ2n) is 15.2. The molecule has 1 heteroatoms. The van der Waals surface area contributed by atoms with E-state index < -0.39 is 0 Å². The third-order valence-electron chi connectivity index (χ3n) is 12.3. The first kappa shape index (κ1) is 30.2. The zero-order valence-corrected chi connectivity index (χ0v) is 29.8. The largest absolute Gasteiger partial charge is 0.310 e. The summed E-state index contributed by atoms with van der Waals surface area (Å²) in [4.78, 5) is 2.40. The average Bonchev–Trinajstić information content (AvgIpc) is 3.78. The van der Waals surface area contributed by atoms with E-state index in [1.807, 2.05) is 0 Å². The molecule has 0 N–H and O–H groups in total. The minimum atomic E-state index is -0.350. The van der Waals surface area contributed by atoms with Crippen LogP contribution in [0.1, 0.15) is 47.2 Å². The van der Waals surface area contributed by atoms with Gasteiger partial charge in [0.05, 0.1) is 5.41 Å². The topological polar surface area (TPSA) is 3.24 Å². The van der Waals surface area contributed by atoms with E-state index in [1.165, 1.54) is 77.9 Å². The molecule has 0 aromatic heterocycles. The van der Waals surface area contributed by atoms with E-state index in [2.05, 4.69) is 207 Å². The molecule has 8 aromatic rings. The number of nitrogens with zero attached hydrogens (tertiary/aromatic N) is 1. The van der Waals surface area contributed by atoms with Crippen LogP contribution in [-0.2, 0) is 10.8 Å². The highest BCUT2D eigenvalue weighted by Gasteiger charge is 2.53. The molecule has 1 nitrogen and oxygen atoms in total.